The molecule has 2 heterocycles. The summed E-state index contributed by atoms with van der Waals surface area (Å²) >= 11 is 0. The summed E-state index contributed by atoms with van der Waals surface area (Å²) in [5.74, 6) is 0.567. The van der Waals surface area contributed by atoms with Crippen LogP contribution in [-0.2, 0) is 13.6 Å². The number of rotatable bonds is 3. The van der Waals surface area contributed by atoms with Crippen LogP contribution in [0.15, 0.2) is 24.7 Å². The minimum absolute atomic E-state index is 0.161. The van der Waals surface area contributed by atoms with E-state index >= 15 is 0 Å². The summed E-state index contributed by atoms with van der Waals surface area (Å²) < 4.78 is 1.53. The summed E-state index contributed by atoms with van der Waals surface area (Å²) in [5, 5.41) is 6.65. The molecule has 2 N–H and O–H groups in total. The fourth-order valence-electron chi connectivity index (χ4n) is 1.25. The first-order valence-electron chi connectivity index (χ1n) is 4.52. The van der Waals surface area contributed by atoms with Crippen LogP contribution in [0.3, 0.4) is 0 Å². The van der Waals surface area contributed by atoms with Gasteiger partial charge in [0.05, 0.1) is 6.54 Å². The molecule has 2 aromatic rings. The zero-order valence-electron chi connectivity index (χ0n) is 8.27. The van der Waals surface area contributed by atoms with Gasteiger partial charge in [0.2, 0.25) is 0 Å². The molecule has 78 valence electrons. The van der Waals surface area contributed by atoms with Gasteiger partial charge in [0.1, 0.15) is 11.5 Å². The Morgan fingerprint density at radius 2 is 2.47 bits per heavy atom. The van der Waals surface area contributed by atoms with Crippen molar-refractivity contribution in [1.29, 1.82) is 0 Å². The quantitative estimate of drug-likeness (QED) is 0.744. The summed E-state index contributed by atoms with van der Waals surface area (Å²) in [7, 11) is 1.72. The van der Waals surface area contributed by atoms with Gasteiger partial charge in [-0.1, -0.05) is 0 Å². The molecule has 0 unspecified atom stereocenters. The van der Waals surface area contributed by atoms with Crippen molar-refractivity contribution in [3.63, 3.8) is 0 Å². The largest absolute Gasteiger partial charge is 0.347 e. The fraction of sp³-hybridized carbons (Fsp3) is 0.222. The molecule has 2 rings (SSSR count). The summed E-state index contributed by atoms with van der Waals surface area (Å²) in [4.78, 5) is 18.5. The smallest absolute Gasteiger partial charge is 0.269 e. The molecule has 0 spiro atoms. The van der Waals surface area contributed by atoms with Crippen molar-refractivity contribution in [2.45, 2.75) is 6.54 Å². The average molecular weight is 205 g/mol. The minimum Gasteiger partial charge on any atom is -0.347 e. The molecule has 0 aliphatic rings. The minimum atomic E-state index is -0.161. The van der Waals surface area contributed by atoms with Gasteiger partial charge in [-0.15, -0.1) is 0 Å². The maximum absolute atomic E-state index is 11.6. The molecule has 0 radical (unpaired) electrons. The van der Waals surface area contributed by atoms with E-state index in [9.17, 15) is 4.79 Å². The van der Waals surface area contributed by atoms with E-state index in [4.69, 9.17) is 0 Å². The third-order valence-corrected chi connectivity index (χ3v) is 2.02. The lowest BCUT2D eigenvalue weighted by atomic mass is 10.4. The number of hydrogen-bond acceptors (Lipinski definition) is 3. The second kappa shape index (κ2) is 3.95. The third kappa shape index (κ3) is 2.04. The topological polar surface area (TPSA) is 75.6 Å². The van der Waals surface area contributed by atoms with Gasteiger partial charge in [0, 0.05) is 25.6 Å². The lowest BCUT2D eigenvalue weighted by Crippen LogP contribution is -2.25. The second-order valence-corrected chi connectivity index (χ2v) is 3.06. The second-order valence-electron chi connectivity index (χ2n) is 3.06. The van der Waals surface area contributed by atoms with Crippen molar-refractivity contribution in [3.8, 4) is 0 Å². The summed E-state index contributed by atoms with van der Waals surface area (Å²) in [6, 6.07) is 1.66. The van der Waals surface area contributed by atoms with Gasteiger partial charge in [0.25, 0.3) is 5.91 Å². The molecule has 15 heavy (non-hydrogen) atoms. The molecule has 2 aromatic heterocycles. The number of carbonyl (C=O) groups excluding carboxylic acids is 1. The highest BCUT2D eigenvalue weighted by molar-refractivity contribution is 5.92. The molecule has 0 aliphatic heterocycles. The highest BCUT2D eigenvalue weighted by Gasteiger charge is 2.09. The first kappa shape index (κ1) is 9.45. The van der Waals surface area contributed by atoms with Crippen LogP contribution in [0.4, 0.5) is 0 Å². The molecular weight excluding hydrogens is 194 g/mol. The van der Waals surface area contributed by atoms with Gasteiger partial charge in [-0.25, -0.2) is 4.98 Å². The molecular formula is C9H11N5O. The Hall–Kier alpha value is -2.11. The number of amides is 1. The van der Waals surface area contributed by atoms with E-state index in [0.717, 1.165) is 5.82 Å². The van der Waals surface area contributed by atoms with Crippen LogP contribution in [0.2, 0.25) is 0 Å². The fourth-order valence-corrected chi connectivity index (χ4v) is 1.25. The number of carbonyl (C=O) groups is 1. The Kier molecular flexibility index (Phi) is 2.49. The van der Waals surface area contributed by atoms with Gasteiger partial charge in [-0.05, 0) is 6.07 Å². The highest BCUT2D eigenvalue weighted by Crippen LogP contribution is 1.96. The lowest BCUT2D eigenvalue weighted by molar-refractivity contribution is 0.0940. The highest BCUT2D eigenvalue weighted by atomic mass is 16.2. The van der Waals surface area contributed by atoms with E-state index in [-0.39, 0.29) is 5.91 Å². The monoisotopic (exact) mass is 205 g/mol. The lowest BCUT2D eigenvalue weighted by Gasteiger charge is -2.02. The zero-order valence-corrected chi connectivity index (χ0v) is 8.27. The number of nitrogens with one attached hydrogen (secondary N) is 2. The Morgan fingerprint density at radius 1 is 1.60 bits per heavy atom. The van der Waals surface area contributed by atoms with E-state index < -0.39 is 0 Å². The average Bonchev–Trinajstić information content (AvgIpc) is 2.84. The van der Waals surface area contributed by atoms with Gasteiger partial charge in [0.15, 0.2) is 0 Å². The van der Waals surface area contributed by atoms with Crippen molar-refractivity contribution in [1.82, 2.24) is 25.1 Å². The molecule has 0 saturated carbocycles. The van der Waals surface area contributed by atoms with Crippen LogP contribution in [0, 0.1) is 0 Å². The Bertz CT molecular complexity index is 445. The predicted octanol–water partition coefficient (Wildman–Crippen LogP) is 0.0732. The summed E-state index contributed by atoms with van der Waals surface area (Å²) in [5.41, 5.74) is 0.529. The van der Waals surface area contributed by atoms with E-state index in [1.165, 1.54) is 4.68 Å². The number of aryl methyl sites for hydroxylation is 1. The van der Waals surface area contributed by atoms with Crippen molar-refractivity contribution < 1.29 is 4.79 Å². The molecule has 6 nitrogen and oxygen atoms in total. The molecule has 0 fully saturated rings. The van der Waals surface area contributed by atoms with E-state index in [1.807, 2.05) is 0 Å². The molecule has 0 saturated heterocycles. The normalized spacial score (nSPS) is 10.2. The van der Waals surface area contributed by atoms with Crippen LogP contribution in [0.25, 0.3) is 0 Å². The third-order valence-electron chi connectivity index (χ3n) is 2.02. The number of aromatic nitrogens is 4. The molecule has 1 amide bonds. The first-order chi connectivity index (χ1) is 7.27. The van der Waals surface area contributed by atoms with E-state index in [0.29, 0.717) is 12.2 Å². The number of hydrogen-bond donors (Lipinski definition) is 2. The van der Waals surface area contributed by atoms with Crippen LogP contribution in [0.5, 0.6) is 0 Å². The summed E-state index contributed by atoms with van der Waals surface area (Å²) in [6.07, 6.45) is 4.94. The van der Waals surface area contributed by atoms with Crippen molar-refractivity contribution in [2.75, 3.05) is 0 Å². The maximum atomic E-state index is 11.6. The van der Waals surface area contributed by atoms with Crippen molar-refractivity contribution >= 4 is 5.91 Å². The van der Waals surface area contributed by atoms with Crippen molar-refractivity contribution in [2.24, 2.45) is 7.05 Å². The van der Waals surface area contributed by atoms with Crippen LogP contribution in [0.1, 0.15) is 16.3 Å². The van der Waals surface area contributed by atoms with Gasteiger partial charge >= 0.3 is 0 Å². The SMILES string of the molecule is Cn1nccc1C(=O)NCc1ncc[nH]1. The van der Waals surface area contributed by atoms with Crippen molar-refractivity contribution in [3.05, 3.63) is 36.2 Å². The number of nitrogens with zero attached hydrogens (tertiary/aromatic N) is 3. The Labute approximate surface area is 86.3 Å². The number of aromatic amines is 1. The number of H-pyrrole nitrogens is 1. The van der Waals surface area contributed by atoms with E-state index in [1.54, 1.807) is 31.7 Å². The first-order valence-corrected chi connectivity index (χ1v) is 4.52. The van der Waals surface area contributed by atoms with Crippen LogP contribution < -0.4 is 5.32 Å². The molecule has 0 aliphatic carbocycles. The van der Waals surface area contributed by atoms with Gasteiger partial charge in [-0.3, -0.25) is 9.48 Å². The number of imidazole rings is 1. The van der Waals surface area contributed by atoms with Gasteiger partial charge < -0.3 is 10.3 Å². The Morgan fingerprint density at radius 3 is 3.07 bits per heavy atom. The van der Waals surface area contributed by atoms with E-state index in [2.05, 4.69) is 20.4 Å². The summed E-state index contributed by atoms with van der Waals surface area (Å²) in [6.45, 7) is 0.386. The van der Waals surface area contributed by atoms with Crippen LogP contribution >= 0.6 is 0 Å². The zero-order chi connectivity index (χ0) is 10.7. The molecule has 0 bridgehead atoms. The predicted molar refractivity (Wildman–Crippen MR) is 53.0 cm³/mol. The standard InChI is InChI=1S/C9H11N5O/c1-14-7(2-3-13-14)9(15)12-6-8-10-4-5-11-8/h2-5H,6H2,1H3,(H,10,11)(H,12,15). The molecule has 0 atom stereocenters. The molecule has 0 aromatic carbocycles. The maximum Gasteiger partial charge on any atom is 0.269 e. The molecule has 6 heteroatoms. The Balaban J connectivity index is 1.96. The van der Waals surface area contributed by atoms with Crippen LogP contribution in [-0.4, -0.2) is 25.7 Å². The van der Waals surface area contributed by atoms with Gasteiger partial charge in [-0.2, -0.15) is 5.10 Å².